The Balaban J connectivity index is 1.18. The van der Waals surface area contributed by atoms with Crippen LogP contribution in [0.3, 0.4) is 0 Å². The lowest BCUT2D eigenvalue weighted by molar-refractivity contribution is -0.135. The number of aromatic nitrogens is 3. The molecular weight excluding hydrogens is 481 g/mol. The Labute approximate surface area is 211 Å². The van der Waals surface area contributed by atoms with E-state index in [0.717, 1.165) is 5.56 Å². The number of amides is 1. The average Bonchev–Trinajstić information content (AvgIpc) is 3.30. The molecule has 0 bridgehead atoms. The topological polar surface area (TPSA) is 80.0 Å². The second-order valence-corrected chi connectivity index (χ2v) is 9.85. The van der Waals surface area contributed by atoms with Gasteiger partial charge in [0.05, 0.1) is 5.69 Å². The van der Waals surface area contributed by atoms with E-state index in [4.69, 9.17) is 4.74 Å². The van der Waals surface area contributed by atoms with Crippen molar-refractivity contribution in [3.63, 3.8) is 0 Å². The second-order valence-electron chi connectivity index (χ2n) is 8.89. The summed E-state index contributed by atoms with van der Waals surface area (Å²) in [5.74, 6) is 0.295. The van der Waals surface area contributed by atoms with E-state index in [9.17, 15) is 14.0 Å². The van der Waals surface area contributed by atoms with Crippen LogP contribution in [0.25, 0.3) is 15.5 Å². The first kappa shape index (κ1) is 24.1. The molecule has 1 aliphatic rings. The van der Waals surface area contributed by atoms with Gasteiger partial charge in [-0.05, 0) is 49.2 Å². The van der Waals surface area contributed by atoms with Crippen LogP contribution in [0.1, 0.15) is 16.8 Å². The number of hydrogen-bond acceptors (Lipinski definition) is 7. The van der Waals surface area contributed by atoms with Gasteiger partial charge in [0, 0.05) is 44.4 Å². The lowest BCUT2D eigenvalue weighted by Gasteiger charge is -2.34. The zero-order valence-corrected chi connectivity index (χ0v) is 20.9. The third-order valence-corrected chi connectivity index (χ3v) is 7.28. The van der Waals surface area contributed by atoms with Crippen molar-refractivity contribution < 1.29 is 13.9 Å². The standard InChI is InChI=1S/C26H26FN5O3S/c1-17-6-7-22(12-18(17)2)35-16-24(34)31-10-8-30(9-11-31)15-21-14-23(33)32-26(28-21)36-25(29-32)19-4-3-5-20(27)13-19/h3-7,12-14H,8-11,15-16H2,1-2H3. The smallest absolute Gasteiger partial charge is 0.275 e. The Morgan fingerprint density at radius 3 is 2.61 bits per heavy atom. The summed E-state index contributed by atoms with van der Waals surface area (Å²) >= 11 is 1.25. The highest BCUT2D eigenvalue weighted by Crippen LogP contribution is 2.25. The monoisotopic (exact) mass is 507 g/mol. The molecule has 186 valence electrons. The fourth-order valence-corrected chi connectivity index (χ4v) is 5.02. The lowest BCUT2D eigenvalue weighted by atomic mass is 10.1. The Hall–Kier alpha value is -3.63. The van der Waals surface area contributed by atoms with E-state index in [1.165, 1.54) is 39.6 Å². The number of nitrogens with zero attached hydrogens (tertiary/aromatic N) is 5. The highest BCUT2D eigenvalue weighted by atomic mass is 32.1. The van der Waals surface area contributed by atoms with E-state index in [2.05, 4.69) is 15.0 Å². The molecule has 0 N–H and O–H groups in total. The fraction of sp³-hybridized carbons (Fsp3) is 0.308. The van der Waals surface area contributed by atoms with Gasteiger partial charge in [-0.2, -0.15) is 9.61 Å². The molecule has 5 rings (SSSR count). The van der Waals surface area contributed by atoms with Gasteiger partial charge in [-0.15, -0.1) is 0 Å². The highest BCUT2D eigenvalue weighted by molar-refractivity contribution is 7.19. The first-order valence-corrected chi connectivity index (χ1v) is 12.5. The average molecular weight is 508 g/mol. The summed E-state index contributed by atoms with van der Waals surface area (Å²) in [6.45, 7) is 7.08. The molecule has 0 atom stereocenters. The van der Waals surface area contributed by atoms with Crippen LogP contribution in [0, 0.1) is 19.7 Å². The van der Waals surface area contributed by atoms with Crippen molar-refractivity contribution in [3.8, 4) is 16.3 Å². The van der Waals surface area contributed by atoms with Gasteiger partial charge in [0.25, 0.3) is 11.5 Å². The molecule has 2 aromatic carbocycles. The maximum Gasteiger partial charge on any atom is 0.275 e. The largest absolute Gasteiger partial charge is 0.484 e. The van der Waals surface area contributed by atoms with Gasteiger partial charge in [0.15, 0.2) is 6.61 Å². The van der Waals surface area contributed by atoms with Crippen LogP contribution in [-0.4, -0.2) is 63.1 Å². The molecule has 1 saturated heterocycles. The van der Waals surface area contributed by atoms with Crippen molar-refractivity contribution >= 4 is 22.2 Å². The van der Waals surface area contributed by atoms with E-state index in [1.807, 2.05) is 32.0 Å². The number of halogens is 1. The lowest BCUT2D eigenvalue weighted by Crippen LogP contribution is -2.49. The van der Waals surface area contributed by atoms with E-state index < -0.39 is 0 Å². The molecule has 10 heteroatoms. The number of rotatable bonds is 6. The molecular formula is C26H26FN5O3S. The molecule has 8 nitrogen and oxygen atoms in total. The number of carbonyl (C=O) groups is 1. The highest BCUT2D eigenvalue weighted by Gasteiger charge is 2.22. The maximum absolute atomic E-state index is 13.6. The Morgan fingerprint density at radius 2 is 1.86 bits per heavy atom. The summed E-state index contributed by atoms with van der Waals surface area (Å²) in [7, 11) is 0. The molecule has 1 aliphatic heterocycles. The Kier molecular flexibility index (Phi) is 6.80. The van der Waals surface area contributed by atoms with Crippen molar-refractivity contribution in [2.45, 2.75) is 20.4 Å². The molecule has 3 heterocycles. The molecule has 4 aromatic rings. The van der Waals surface area contributed by atoms with Gasteiger partial charge in [-0.1, -0.05) is 29.5 Å². The third-order valence-electron chi connectivity index (χ3n) is 6.32. The molecule has 36 heavy (non-hydrogen) atoms. The minimum Gasteiger partial charge on any atom is -0.484 e. The fourth-order valence-electron chi connectivity index (χ4n) is 4.10. The van der Waals surface area contributed by atoms with Crippen molar-refractivity contribution in [2.24, 2.45) is 0 Å². The third kappa shape index (κ3) is 5.29. The normalized spacial score (nSPS) is 14.4. The minimum atomic E-state index is -0.359. The number of benzene rings is 2. The van der Waals surface area contributed by atoms with Crippen molar-refractivity contribution in [3.05, 3.63) is 81.5 Å². The van der Waals surface area contributed by atoms with Gasteiger partial charge >= 0.3 is 0 Å². The van der Waals surface area contributed by atoms with Gasteiger partial charge in [0.1, 0.15) is 16.6 Å². The summed E-state index contributed by atoms with van der Waals surface area (Å²) in [6.07, 6.45) is 0. The SMILES string of the molecule is Cc1ccc(OCC(=O)N2CCN(Cc3cc(=O)n4nc(-c5cccc(F)c5)sc4n3)CC2)cc1C. The van der Waals surface area contributed by atoms with Gasteiger partial charge in [-0.25, -0.2) is 9.37 Å². The van der Waals surface area contributed by atoms with E-state index in [1.54, 1.807) is 17.0 Å². The number of fused-ring (bicyclic) bond motifs is 1. The van der Waals surface area contributed by atoms with Crippen LogP contribution in [0.2, 0.25) is 0 Å². The van der Waals surface area contributed by atoms with E-state index >= 15 is 0 Å². The molecule has 1 amide bonds. The van der Waals surface area contributed by atoms with Crippen molar-refractivity contribution in [1.29, 1.82) is 0 Å². The molecule has 0 aliphatic carbocycles. The quantitative estimate of drug-likeness (QED) is 0.399. The minimum absolute atomic E-state index is 0.0104. The van der Waals surface area contributed by atoms with Gasteiger partial charge < -0.3 is 9.64 Å². The van der Waals surface area contributed by atoms with Crippen molar-refractivity contribution in [2.75, 3.05) is 32.8 Å². The first-order chi connectivity index (χ1) is 17.4. The summed E-state index contributed by atoms with van der Waals surface area (Å²) in [6, 6.07) is 13.4. The predicted molar refractivity (Wildman–Crippen MR) is 136 cm³/mol. The van der Waals surface area contributed by atoms with Crippen LogP contribution >= 0.6 is 11.3 Å². The first-order valence-electron chi connectivity index (χ1n) is 11.7. The summed E-state index contributed by atoms with van der Waals surface area (Å²) < 4.78 is 20.5. The molecule has 0 radical (unpaired) electrons. The second kappa shape index (κ2) is 10.2. The molecule has 0 unspecified atom stereocenters. The molecule has 0 spiro atoms. The summed E-state index contributed by atoms with van der Waals surface area (Å²) in [5.41, 5.74) is 3.29. The molecule has 2 aromatic heterocycles. The molecule has 0 saturated carbocycles. The number of carbonyl (C=O) groups excluding carboxylic acids is 1. The Bertz CT molecular complexity index is 1480. The van der Waals surface area contributed by atoms with E-state index in [0.29, 0.717) is 59.7 Å². The van der Waals surface area contributed by atoms with Crippen LogP contribution < -0.4 is 10.3 Å². The van der Waals surface area contributed by atoms with Crippen LogP contribution in [0.15, 0.2) is 53.3 Å². The Morgan fingerprint density at radius 1 is 1.06 bits per heavy atom. The molecule has 1 fully saturated rings. The summed E-state index contributed by atoms with van der Waals surface area (Å²) in [5, 5.41) is 4.85. The zero-order valence-electron chi connectivity index (χ0n) is 20.1. The van der Waals surface area contributed by atoms with Crippen LogP contribution in [0.5, 0.6) is 5.75 Å². The number of piperazine rings is 1. The van der Waals surface area contributed by atoms with E-state index in [-0.39, 0.29) is 23.9 Å². The predicted octanol–water partition coefficient (Wildman–Crippen LogP) is 3.30. The number of ether oxygens (including phenoxy) is 1. The van der Waals surface area contributed by atoms with Crippen molar-refractivity contribution in [1.82, 2.24) is 24.4 Å². The summed E-state index contributed by atoms with van der Waals surface area (Å²) in [4.78, 5) is 34.3. The number of aryl methyl sites for hydroxylation is 2. The number of hydrogen-bond donors (Lipinski definition) is 0. The van der Waals surface area contributed by atoms with Gasteiger partial charge in [0.2, 0.25) is 4.96 Å². The zero-order chi connectivity index (χ0) is 25.2. The van der Waals surface area contributed by atoms with Gasteiger partial charge in [-0.3, -0.25) is 14.5 Å². The van der Waals surface area contributed by atoms with Crippen LogP contribution in [0.4, 0.5) is 4.39 Å². The maximum atomic E-state index is 13.6. The van der Waals surface area contributed by atoms with Crippen LogP contribution in [-0.2, 0) is 11.3 Å².